The van der Waals surface area contributed by atoms with Crippen LogP contribution in [-0.2, 0) is 13.7 Å². The molecule has 4 rings (SSSR count). The van der Waals surface area contributed by atoms with Gasteiger partial charge in [-0.1, -0.05) is 60.2 Å². The third kappa shape index (κ3) is 3.24. The van der Waals surface area contributed by atoms with Crippen LogP contribution in [0.4, 0.5) is 0 Å². The van der Waals surface area contributed by atoms with Crippen molar-refractivity contribution in [3.63, 3.8) is 0 Å². The van der Waals surface area contributed by atoms with Crippen LogP contribution in [0.25, 0.3) is 11.4 Å². The molecule has 134 valence electrons. The van der Waals surface area contributed by atoms with Gasteiger partial charge in [0.1, 0.15) is 0 Å². The lowest BCUT2D eigenvalue weighted by Crippen LogP contribution is -2.27. The number of hydrogen-bond donors (Lipinski definition) is 0. The van der Waals surface area contributed by atoms with E-state index in [1.54, 1.807) is 0 Å². The van der Waals surface area contributed by atoms with Gasteiger partial charge >= 0.3 is 0 Å². The summed E-state index contributed by atoms with van der Waals surface area (Å²) in [4.78, 5) is 2.48. The number of hydrogen-bond acceptors (Lipinski definition) is 3. The summed E-state index contributed by atoms with van der Waals surface area (Å²) in [6, 6.07) is 19.7. The number of benzene rings is 2. The van der Waals surface area contributed by atoms with Gasteiger partial charge in [-0.3, -0.25) is 4.90 Å². The van der Waals surface area contributed by atoms with E-state index in [1.165, 1.54) is 24.0 Å². The Morgan fingerprint density at radius 3 is 2.54 bits per heavy atom. The van der Waals surface area contributed by atoms with Crippen LogP contribution in [0.3, 0.4) is 0 Å². The lowest BCUT2D eigenvalue weighted by molar-refractivity contribution is 0.190. The highest BCUT2D eigenvalue weighted by Crippen LogP contribution is 2.32. The largest absolute Gasteiger partial charge is 0.303 e. The Kier molecular flexibility index (Phi) is 4.74. The Labute approximate surface area is 159 Å². The van der Waals surface area contributed by atoms with E-state index in [-0.39, 0.29) is 0 Å². The average Bonchev–Trinajstić information content (AvgIpc) is 3.24. The van der Waals surface area contributed by atoms with E-state index in [0.29, 0.717) is 6.04 Å². The molecule has 0 spiro atoms. The van der Waals surface area contributed by atoms with Gasteiger partial charge in [-0.15, -0.1) is 0 Å². The van der Waals surface area contributed by atoms with Crippen LogP contribution in [0.1, 0.15) is 30.0 Å². The number of rotatable bonds is 4. The Morgan fingerprint density at radius 2 is 1.81 bits per heavy atom. The van der Waals surface area contributed by atoms with E-state index in [9.17, 15) is 0 Å². The van der Waals surface area contributed by atoms with Gasteiger partial charge in [0, 0.05) is 25.2 Å². The van der Waals surface area contributed by atoms with Crippen LogP contribution in [-0.4, -0.2) is 25.8 Å². The molecule has 1 saturated heterocycles. The summed E-state index contributed by atoms with van der Waals surface area (Å²) in [6.07, 6.45) is 2.40. The maximum atomic E-state index is 5.67. The van der Waals surface area contributed by atoms with E-state index in [2.05, 4.69) is 66.4 Å². The standard InChI is InChI=1S/C21H24N4S/c1-16-10-12-18(13-11-16)20-22-25(21(26)23(20)2)15-24-14-6-9-19(24)17-7-4-3-5-8-17/h3-5,7-8,10-13,19H,6,9,14-15H2,1-2H3/t19-/m0/s1. The molecule has 26 heavy (non-hydrogen) atoms. The topological polar surface area (TPSA) is 26.0 Å². The molecule has 1 fully saturated rings. The molecule has 1 aromatic heterocycles. The minimum atomic E-state index is 0.447. The van der Waals surface area contributed by atoms with Crippen molar-refractivity contribution in [2.24, 2.45) is 7.05 Å². The van der Waals surface area contributed by atoms with Gasteiger partial charge in [-0.05, 0) is 37.5 Å². The van der Waals surface area contributed by atoms with Crippen LogP contribution < -0.4 is 0 Å². The predicted molar refractivity (Wildman–Crippen MR) is 107 cm³/mol. The molecule has 1 aliphatic rings. The molecule has 2 heterocycles. The van der Waals surface area contributed by atoms with E-state index in [0.717, 1.165) is 29.4 Å². The van der Waals surface area contributed by atoms with Crippen LogP contribution in [0.15, 0.2) is 54.6 Å². The first kappa shape index (κ1) is 17.2. The van der Waals surface area contributed by atoms with Gasteiger partial charge in [0.05, 0.1) is 6.67 Å². The molecule has 0 amide bonds. The van der Waals surface area contributed by atoms with Crippen molar-refractivity contribution in [2.45, 2.75) is 32.5 Å². The first-order valence-electron chi connectivity index (χ1n) is 9.13. The maximum Gasteiger partial charge on any atom is 0.199 e. The smallest absolute Gasteiger partial charge is 0.199 e. The van der Waals surface area contributed by atoms with E-state index in [1.807, 2.05) is 16.3 Å². The lowest BCUT2D eigenvalue weighted by Gasteiger charge is -2.24. The van der Waals surface area contributed by atoms with Crippen molar-refractivity contribution >= 4 is 12.2 Å². The second kappa shape index (κ2) is 7.17. The molecule has 0 unspecified atom stereocenters. The summed E-state index contributed by atoms with van der Waals surface area (Å²) < 4.78 is 4.73. The summed E-state index contributed by atoms with van der Waals surface area (Å²) in [5.41, 5.74) is 3.73. The van der Waals surface area contributed by atoms with Gasteiger partial charge in [-0.2, -0.15) is 5.10 Å². The number of likely N-dealkylation sites (tertiary alicyclic amines) is 1. The average molecular weight is 365 g/mol. The lowest BCUT2D eigenvalue weighted by atomic mass is 10.1. The third-order valence-electron chi connectivity index (χ3n) is 5.21. The molecule has 1 atom stereocenters. The highest BCUT2D eigenvalue weighted by molar-refractivity contribution is 7.71. The normalized spacial score (nSPS) is 17.7. The second-order valence-electron chi connectivity index (χ2n) is 7.05. The van der Waals surface area contributed by atoms with E-state index >= 15 is 0 Å². The fraction of sp³-hybridized carbons (Fsp3) is 0.333. The molecule has 0 N–H and O–H groups in total. The zero-order valence-corrected chi connectivity index (χ0v) is 16.1. The molecule has 4 nitrogen and oxygen atoms in total. The Morgan fingerprint density at radius 1 is 1.08 bits per heavy atom. The number of nitrogens with zero attached hydrogens (tertiary/aromatic N) is 4. The van der Waals surface area contributed by atoms with Gasteiger partial charge in [0.15, 0.2) is 10.6 Å². The molecule has 1 aliphatic heterocycles. The van der Waals surface area contributed by atoms with Crippen molar-refractivity contribution in [1.29, 1.82) is 0 Å². The summed E-state index contributed by atoms with van der Waals surface area (Å²) in [6.45, 7) is 3.91. The van der Waals surface area contributed by atoms with Crippen LogP contribution in [0.5, 0.6) is 0 Å². The summed E-state index contributed by atoms with van der Waals surface area (Å²) >= 11 is 5.67. The first-order chi connectivity index (χ1) is 12.6. The molecule has 5 heteroatoms. The highest BCUT2D eigenvalue weighted by Gasteiger charge is 2.26. The van der Waals surface area contributed by atoms with Crippen molar-refractivity contribution in [3.8, 4) is 11.4 Å². The quantitative estimate of drug-likeness (QED) is 0.627. The van der Waals surface area contributed by atoms with Crippen molar-refractivity contribution in [3.05, 3.63) is 70.5 Å². The van der Waals surface area contributed by atoms with Crippen LogP contribution in [0.2, 0.25) is 0 Å². The number of aromatic nitrogens is 3. The zero-order valence-electron chi connectivity index (χ0n) is 15.3. The second-order valence-corrected chi connectivity index (χ2v) is 7.42. The van der Waals surface area contributed by atoms with Gasteiger partial charge in [-0.25, -0.2) is 4.68 Å². The minimum Gasteiger partial charge on any atom is -0.303 e. The number of aryl methyl sites for hydroxylation is 1. The minimum absolute atomic E-state index is 0.447. The fourth-order valence-corrected chi connectivity index (χ4v) is 3.94. The summed E-state index contributed by atoms with van der Waals surface area (Å²) in [5, 5.41) is 4.83. The Hall–Kier alpha value is -2.24. The van der Waals surface area contributed by atoms with Gasteiger partial charge < -0.3 is 4.57 Å². The third-order valence-corrected chi connectivity index (χ3v) is 5.70. The van der Waals surface area contributed by atoms with Crippen LogP contribution in [0, 0.1) is 11.7 Å². The van der Waals surface area contributed by atoms with Gasteiger partial charge in [0.25, 0.3) is 0 Å². The molecule has 0 radical (unpaired) electrons. The van der Waals surface area contributed by atoms with Crippen molar-refractivity contribution in [1.82, 2.24) is 19.2 Å². The summed E-state index contributed by atoms with van der Waals surface area (Å²) in [5.74, 6) is 0.922. The molecule has 0 bridgehead atoms. The van der Waals surface area contributed by atoms with E-state index < -0.39 is 0 Å². The zero-order chi connectivity index (χ0) is 18.1. The highest BCUT2D eigenvalue weighted by atomic mass is 32.1. The monoisotopic (exact) mass is 364 g/mol. The molecule has 2 aromatic carbocycles. The van der Waals surface area contributed by atoms with Crippen LogP contribution >= 0.6 is 12.2 Å². The maximum absolute atomic E-state index is 5.67. The summed E-state index contributed by atoms with van der Waals surface area (Å²) in [7, 11) is 2.00. The van der Waals surface area contributed by atoms with Crippen molar-refractivity contribution < 1.29 is 0 Å². The van der Waals surface area contributed by atoms with Crippen molar-refractivity contribution in [2.75, 3.05) is 6.54 Å². The molecular formula is C21H24N4S. The van der Waals surface area contributed by atoms with Gasteiger partial charge in [0.2, 0.25) is 0 Å². The Bertz CT molecular complexity index is 940. The Balaban J connectivity index is 1.61. The molecule has 3 aromatic rings. The predicted octanol–water partition coefficient (Wildman–Crippen LogP) is 4.72. The molecular weight excluding hydrogens is 340 g/mol. The first-order valence-corrected chi connectivity index (χ1v) is 9.54. The molecule has 0 aliphatic carbocycles. The SMILES string of the molecule is Cc1ccc(-c2nn(CN3CCC[C@H]3c3ccccc3)c(=S)n2C)cc1. The fourth-order valence-electron chi connectivity index (χ4n) is 3.75. The van der Waals surface area contributed by atoms with E-state index in [4.69, 9.17) is 17.3 Å². The molecule has 0 saturated carbocycles.